The van der Waals surface area contributed by atoms with E-state index >= 15 is 0 Å². The first-order chi connectivity index (χ1) is 9.24. The Morgan fingerprint density at radius 2 is 2.16 bits per heavy atom. The third kappa shape index (κ3) is 2.53. The average molecular weight is 274 g/mol. The predicted molar refractivity (Wildman–Crippen MR) is 73.8 cm³/mol. The van der Waals surface area contributed by atoms with Gasteiger partial charge in [-0.25, -0.2) is 9.50 Å². The highest BCUT2D eigenvalue weighted by atomic mass is 35.5. The Labute approximate surface area is 115 Å². The molecule has 0 saturated carbocycles. The summed E-state index contributed by atoms with van der Waals surface area (Å²) in [5.41, 5.74) is 1.87. The molecule has 0 amide bonds. The van der Waals surface area contributed by atoms with E-state index in [-0.39, 0.29) is 0 Å². The molecule has 2 aromatic heterocycles. The van der Waals surface area contributed by atoms with Crippen LogP contribution in [-0.2, 0) is 6.42 Å². The lowest BCUT2D eigenvalue weighted by atomic mass is 10.1. The average Bonchev–Trinajstić information content (AvgIpc) is 2.79. The topological polar surface area (TPSA) is 39.4 Å². The molecule has 4 nitrogen and oxygen atoms in total. The van der Waals surface area contributed by atoms with E-state index in [4.69, 9.17) is 16.3 Å². The van der Waals surface area contributed by atoms with Gasteiger partial charge in [0.25, 0.3) is 0 Å². The monoisotopic (exact) mass is 273 g/mol. The van der Waals surface area contributed by atoms with E-state index < -0.39 is 0 Å². The number of ether oxygens (including phenoxy) is 1. The molecule has 0 fully saturated rings. The molecule has 5 heteroatoms. The second kappa shape index (κ2) is 4.90. The van der Waals surface area contributed by atoms with Gasteiger partial charge in [-0.3, -0.25) is 0 Å². The summed E-state index contributed by atoms with van der Waals surface area (Å²) < 4.78 is 6.91. The predicted octanol–water partition coefficient (Wildman–Crippen LogP) is 2.98. The van der Waals surface area contributed by atoms with Crippen molar-refractivity contribution in [3.05, 3.63) is 59.0 Å². The highest BCUT2D eigenvalue weighted by Gasteiger charge is 2.06. The van der Waals surface area contributed by atoms with Crippen LogP contribution in [0.2, 0.25) is 5.02 Å². The van der Waals surface area contributed by atoms with Gasteiger partial charge < -0.3 is 4.74 Å². The van der Waals surface area contributed by atoms with Gasteiger partial charge in [-0.1, -0.05) is 23.7 Å². The molecule has 0 saturated heterocycles. The number of methoxy groups -OCH3 is 1. The highest BCUT2D eigenvalue weighted by Crippen LogP contribution is 2.16. The van der Waals surface area contributed by atoms with E-state index in [1.165, 1.54) is 0 Å². The Kier molecular flexibility index (Phi) is 3.09. The summed E-state index contributed by atoms with van der Waals surface area (Å²) in [5.74, 6) is 1.53. The third-order valence-electron chi connectivity index (χ3n) is 2.84. The van der Waals surface area contributed by atoms with Crippen LogP contribution in [0.4, 0.5) is 0 Å². The molecule has 0 aliphatic carbocycles. The molecule has 0 spiro atoms. The van der Waals surface area contributed by atoms with E-state index in [0.29, 0.717) is 6.42 Å². The van der Waals surface area contributed by atoms with Crippen molar-refractivity contribution < 1.29 is 4.74 Å². The minimum atomic E-state index is 0.657. The van der Waals surface area contributed by atoms with Crippen molar-refractivity contribution in [3.63, 3.8) is 0 Å². The molecule has 0 unspecified atom stereocenters. The van der Waals surface area contributed by atoms with Gasteiger partial charge in [0.05, 0.1) is 7.11 Å². The minimum absolute atomic E-state index is 0.657. The lowest BCUT2D eigenvalue weighted by Gasteiger charge is -1.97. The third-order valence-corrected chi connectivity index (χ3v) is 3.07. The van der Waals surface area contributed by atoms with Gasteiger partial charge in [0.15, 0.2) is 11.5 Å². The van der Waals surface area contributed by atoms with Gasteiger partial charge in [-0.2, -0.15) is 5.10 Å². The number of nitrogens with zero attached hydrogens (tertiary/aromatic N) is 3. The summed E-state index contributed by atoms with van der Waals surface area (Å²) in [6.45, 7) is 0. The standard InChI is InChI=1S/C14H12ClN3O/c1-19-12-5-6-18-14(9-12)16-13(17-18)8-10-3-2-4-11(15)7-10/h2-7,9H,8H2,1H3. The second-order valence-corrected chi connectivity index (χ2v) is 4.64. The van der Waals surface area contributed by atoms with Crippen molar-refractivity contribution in [3.8, 4) is 5.75 Å². The molecule has 0 bridgehead atoms. The van der Waals surface area contributed by atoms with E-state index in [9.17, 15) is 0 Å². The first kappa shape index (κ1) is 12.0. The van der Waals surface area contributed by atoms with E-state index in [1.807, 2.05) is 42.6 Å². The van der Waals surface area contributed by atoms with Crippen LogP contribution in [0.25, 0.3) is 5.65 Å². The van der Waals surface area contributed by atoms with Gasteiger partial charge in [0, 0.05) is 23.7 Å². The number of benzene rings is 1. The summed E-state index contributed by atoms with van der Waals surface area (Å²) in [7, 11) is 1.63. The summed E-state index contributed by atoms with van der Waals surface area (Å²) >= 11 is 5.97. The number of pyridine rings is 1. The molecule has 0 aliphatic rings. The van der Waals surface area contributed by atoms with Gasteiger partial charge in [-0.15, -0.1) is 0 Å². The van der Waals surface area contributed by atoms with Crippen molar-refractivity contribution in [1.82, 2.24) is 14.6 Å². The van der Waals surface area contributed by atoms with Crippen molar-refractivity contribution in [2.45, 2.75) is 6.42 Å². The molecule has 0 aliphatic heterocycles. The Morgan fingerprint density at radius 3 is 2.95 bits per heavy atom. The maximum Gasteiger partial charge on any atom is 0.159 e. The van der Waals surface area contributed by atoms with Crippen LogP contribution >= 0.6 is 11.6 Å². The smallest absolute Gasteiger partial charge is 0.159 e. The zero-order valence-electron chi connectivity index (χ0n) is 10.4. The Hall–Kier alpha value is -2.07. The van der Waals surface area contributed by atoms with Crippen LogP contribution < -0.4 is 4.74 Å². The van der Waals surface area contributed by atoms with Crippen molar-refractivity contribution in [1.29, 1.82) is 0 Å². The van der Waals surface area contributed by atoms with Crippen LogP contribution in [0, 0.1) is 0 Å². The fraction of sp³-hybridized carbons (Fsp3) is 0.143. The fourth-order valence-electron chi connectivity index (χ4n) is 1.94. The quantitative estimate of drug-likeness (QED) is 0.736. The molecule has 19 heavy (non-hydrogen) atoms. The number of aromatic nitrogens is 3. The summed E-state index contributed by atoms with van der Waals surface area (Å²) in [5, 5.41) is 5.14. The number of halogens is 1. The maximum atomic E-state index is 5.97. The van der Waals surface area contributed by atoms with Gasteiger partial charge in [0.1, 0.15) is 5.75 Å². The summed E-state index contributed by atoms with van der Waals surface area (Å²) in [6, 6.07) is 11.4. The summed E-state index contributed by atoms with van der Waals surface area (Å²) in [6.07, 6.45) is 2.49. The van der Waals surface area contributed by atoms with Crippen molar-refractivity contribution >= 4 is 17.2 Å². The Morgan fingerprint density at radius 1 is 1.26 bits per heavy atom. The number of rotatable bonds is 3. The molecular formula is C14H12ClN3O. The molecular weight excluding hydrogens is 262 g/mol. The van der Waals surface area contributed by atoms with Crippen LogP contribution in [0.5, 0.6) is 5.75 Å². The van der Waals surface area contributed by atoms with E-state index in [0.717, 1.165) is 27.8 Å². The molecule has 0 N–H and O–H groups in total. The normalized spacial score (nSPS) is 10.8. The fourth-order valence-corrected chi connectivity index (χ4v) is 2.15. The summed E-state index contributed by atoms with van der Waals surface area (Å²) in [4.78, 5) is 4.48. The maximum absolute atomic E-state index is 5.97. The molecule has 1 aromatic carbocycles. The van der Waals surface area contributed by atoms with Crippen molar-refractivity contribution in [2.24, 2.45) is 0 Å². The zero-order chi connectivity index (χ0) is 13.2. The second-order valence-electron chi connectivity index (χ2n) is 4.20. The van der Waals surface area contributed by atoms with Crippen LogP contribution in [0.1, 0.15) is 11.4 Å². The highest BCUT2D eigenvalue weighted by molar-refractivity contribution is 6.30. The number of hydrogen-bond donors (Lipinski definition) is 0. The molecule has 2 heterocycles. The Bertz CT molecular complexity index is 724. The number of fused-ring (bicyclic) bond motifs is 1. The largest absolute Gasteiger partial charge is 0.497 e. The Balaban J connectivity index is 1.93. The molecule has 0 radical (unpaired) electrons. The lowest BCUT2D eigenvalue weighted by molar-refractivity contribution is 0.414. The molecule has 3 rings (SSSR count). The first-order valence-corrected chi connectivity index (χ1v) is 6.26. The van der Waals surface area contributed by atoms with E-state index in [2.05, 4.69) is 10.1 Å². The van der Waals surface area contributed by atoms with Gasteiger partial charge in [-0.05, 0) is 23.8 Å². The van der Waals surface area contributed by atoms with Crippen LogP contribution in [0.3, 0.4) is 0 Å². The minimum Gasteiger partial charge on any atom is -0.497 e. The van der Waals surface area contributed by atoms with Crippen LogP contribution in [0.15, 0.2) is 42.6 Å². The lowest BCUT2D eigenvalue weighted by Crippen LogP contribution is -1.92. The van der Waals surface area contributed by atoms with E-state index in [1.54, 1.807) is 11.6 Å². The number of hydrogen-bond acceptors (Lipinski definition) is 3. The molecule has 0 atom stereocenters. The zero-order valence-corrected chi connectivity index (χ0v) is 11.1. The molecule has 3 aromatic rings. The van der Waals surface area contributed by atoms with Gasteiger partial charge in [0.2, 0.25) is 0 Å². The van der Waals surface area contributed by atoms with Crippen molar-refractivity contribution in [2.75, 3.05) is 7.11 Å². The van der Waals surface area contributed by atoms with Crippen LogP contribution in [-0.4, -0.2) is 21.7 Å². The SMILES string of the molecule is COc1ccn2nc(Cc3cccc(Cl)c3)nc2c1. The van der Waals surface area contributed by atoms with Gasteiger partial charge >= 0.3 is 0 Å². The molecule has 96 valence electrons. The first-order valence-electron chi connectivity index (χ1n) is 5.88.